The molecular formula is C20H17N3O. The van der Waals surface area contributed by atoms with Crippen LogP contribution in [0.2, 0.25) is 0 Å². The molecule has 0 aliphatic heterocycles. The van der Waals surface area contributed by atoms with E-state index in [0.717, 1.165) is 11.1 Å². The largest absolute Gasteiger partial charge is 0.397 e. The fourth-order valence-corrected chi connectivity index (χ4v) is 3.04. The third kappa shape index (κ3) is 2.29. The van der Waals surface area contributed by atoms with Gasteiger partial charge in [0.25, 0.3) is 5.56 Å². The minimum absolute atomic E-state index is 0.0561. The minimum atomic E-state index is -0.0561. The van der Waals surface area contributed by atoms with Crippen LogP contribution in [0, 0.1) is 0 Å². The van der Waals surface area contributed by atoms with E-state index in [-0.39, 0.29) is 5.56 Å². The van der Waals surface area contributed by atoms with Gasteiger partial charge in [0.05, 0.1) is 28.8 Å². The highest BCUT2D eigenvalue weighted by atomic mass is 16.1. The van der Waals surface area contributed by atoms with Crippen LogP contribution in [0.3, 0.4) is 0 Å². The first kappa shape index (κ1) is 14.3. The molecule has 0 aliphatic rings. The fraction of sp³-hybridized carbons (Fsp3) is 0.0500. The van der Waals surface area contributed by atoms with Gasteiger partial charge < -0.3 is 5.73 Å². The zero-order chi connectivity index (χ0) is 16.5. The Morgan fingerprint density at radius 1 is 0.792 bits per heavy atom. The van der Waals surface area contributed by atoms with Gasteiger partial charge in [-0.3, -0.25) is 9.48 Å². The number of rotatable bonds is 3. The van der Waals surface area contributed by atoms with Crippen molar-refractivity contribution < 1.29 is 0 Å². The van der Waals surface area contributed by atoms with Crippen LogP contribution < -0.4 is 11.3 Å². The lowest BCUT2D eigenvalue weighted by molar-refractivity contribution is 0.613. The van der Waals surface area contributed by atoms with Gasteiger partial charge in [-0.2, -0.15) is 0 Å². The van der Waals surface area contributed by atoms with Gasteiger partial charge >= 0.3 is 0 Å². The summed E-state index contributed by atoms with van der Waals surface area (Å²) in [7, 11) is 0. The number of nitrogens with two attached hydrogens (primary N) is 1. The van der Waals surface area contributed by atoms with Crippen molar-refractivity contribution in [3.63, 3.8) is 0 Å². The van der Waals surface area contributed by atoms with Gasteiger partial charge in [-0.15, -0.1) is 0 Å². The number of nitrogen functional groups attached to an aromatic ring is 1. The number of nitrogens with zero attached hydrogens (tertiary/aromatic N) is 2. The molecule has 0 spiro atoms. The van der Waals surface area contributed by atoms with Crippen molar-refractivity contribution in [2.75, 3.05) is 5.73 Å². The molecule has 118 valence electrons. The second-order valence-corrected chi connectivity index (χ2v) is 5.74. The third-order valence-electron chi connectivity index (χ3n) is 4.19. The number of benzene rings is 3. The number of hydrogen-bond donors (Lipinski definition) is 1. The Labute approximate surface area is 139 Å². The molecule has 0 bridgehead atoms. The second-order valence-electron chi connectivity index (χ2n) is 5.74. The van der Waals surface area contributed by atoms with Crippen molar-refractivity contribution in [2.24, 2.45) is 0 Å². The number of fused-ring (bicyclic) bond motifs is 1. The van der Waals surface area contributed by atoms with Crippen LogP contribution in [0.25, 0.3) is 16.6 Å². The molecule has 4 aromatic rings. The first-order valence-corrected chi connectivity index (χ1v) is 7.85. The summed E-state index contributed by atoms with van der Waals surface area (Å²) in [5.74, 6) is 0. The van der Waals surface area contributed by atoms with Gasteiger partial charge in [0.2, 0.25) is 0 Å². The predicted octanol–water partition coefficient (Wildman–Crippen LogP) is 3.42. The Morgan fingerprint density at radius 2 is 1.46 bits per heavy atom. The van der Waals surface area contributed by atoms with Crippen LogP contribution in [-0.2, 0) is 6.54 Å². The maximum absolute atomic E-state index is 13.0. The van der Waals surface area contributed by atoms with Crippen molar-refractivity contribution in [2.45, 2.75) is 6.54 Å². The van der Waals surface area contributed by atoms with E-state index in [1.165, 1.54) is 0 Å². The second kappa shape index (κ2) is 5.74. The number of aromatic nitrogens is 2. The van der Waals surface area contributed by atoms with E-state index < -0.39 is 0 Å². The van der Waals surface area contributed by atoms with E-state index in [1.54, 1.807) is 4.68 Å². The molecule has 4 nitrogen and oxygen atoms in total. The van der Waals surface area contributed by atoms with Crippen LogP contribution in [0.5, 0.6) is 0 Å². The Hall–Kier alpha value is -3.27. The van der Waals surface area contributed by atoms with Crippen LogP contribution >= 0.6 is 0 Å². The molecule has 24 heavy (non-hydrogen) atoms. The number of para-hydroxylation sites is 3. The van der Waals surface area contributed by atoms with Gasteiger partial charge in [0.15, 0.2) is 0 Å². The normalized spacial score (nSPS) is 11.0. The molecule has 0 saturated heterocycles. The van der Waals surface area contributed by atoms with Crippen molar-refractivity contribution in [1.82, 2.24) is 9.36 Å². The molecule has 4 rings (SSSR count). The molecule has 2 N–H and O–H groups in total. The summed E-state index contributed by atoms with van der Waals surface area (Å²) in [6, 6.07) is 25.2. The van der Waals surface area contributed by atoms with E-state index >= 15 is 0 Å². The van der Waals surface area contributed by atoms with Crippen molar-refractivity contribution in [3.8, 4) is 5.69 Å². The van der Waals surface area contributed by atoms with Crippen LogP contribution in [0.15, 0.2) is 83.7 Å². The lowest BCUT2D eigenvalue weighted by Gasteiger charge is -2.14. The molecule has 0 fully saturated rings. The third-order valence-corrected chi connectivity index (χ3v) is 4.19. The van der Waals surface area contributed by atoms with Crippen LogP contribution in [-0.4, -0.2) is 9.36 Å². The summed E-state index contributed by atoms with van der Waals surface area (Å²) in [5, 5.41) is 0.691. The average Bonchev–Trinajstić information content (AvgIpc) is 2.89. The van der Waals surface area contributed by atoms with Crippen molar-refractivity contribution >= 4 is 16.6 Å². The molecule has 0 unspecified atom stereocenters. The zero-order valence-corrected chi connectivity index (χ0v) is 13.1. The van der Waals surface area contributed by atoms with Crippen LogP contribution in [0.1, 0.15) is 5.56 Å². The summed E-state index contributed by atoms with van der Waals surface area (Å²) in [4.78, 5) is 13.0. The quantitative estimate of drug-likeness (QED) is 0.589. The lowest BCUT2D eigenvalue weighted by Crippen LogP contribution is -2.22. The van der Waals surface area contributed by atoms with E-state index in [9.17, 15) is 4.79 Å². The van der Waals surface area contributed by atoms with E-state index in [0.29, 0.717) is 23.3 Å². The molecule has 0 aliphatic carbocycles. The molecule has 0 atom stereocenters. The summed E-state index contributed by atoms with van der Waals surface area (Å²) >= 11 is 0. The summed E-state index contributed by atoms with van der Waals surface area (Å²) in [6.45, 7) is 0.595. The van der Waals surface area contributed by atoms with E-state index in [1.807, 2.05) is 71.4 Å². The van der Waals surface area contributed by atoms with Gasteiger partial charge in [-0.05, 0) is 29.8 Å². The van der Waals surface area contributed by atoms with Gasteiger partial charge in [-0.25, -0.2) is 4.68 Å². The smallest absolute Gasteiger partial charge is 0.279 e. The zero-order valence-electron chi connectivity index (χ0n) is 13.1. The topological polar surface area (TPSA) is 52.9 Å². The molecular weight excluding hydrogens is 298 g/mol. The molecule has 1 heterocycles. The molecule has 4 heteroatoms. The molecule has 0 amide bonds. The maximum atomic E-state index is 13.0. The van der Waals surface area contributed by atoms with Crippen molar-refractivity contribution in [3.05, 3.63) is 94.8 Å². The number of anilines is 1. The van der Waals surface area contributed by atoms with Gasteiger partial charge in [0, 0.05) is 0 Å². The fourth-order valence-electron chi connectivity index (χ4n) is 3.04. The summed E-state index contributed by atoms with van der Waals surface area (Å²) < 4.78 is 3.66. The standard InChI is InChI=1S/C20H17N3O/c21-17-11-5-7-13-19(17)23-20(24)16-10-4-6-12-18(16)22(23)14-15-8-2-1-3-9-15/h1-13H,14,21H2. The SMILES string of the molecule is Nc1ccccc1-n1c(=O)c2ccccc2n1Cc1ccccc1. The Kier molecular flexibility index (Phi) is 3.43. The molecule has 1 aromatic heterocycles. The predicted molar refractivity (Wildman–Crippen MR) is 97.5 cm³/mol. The Bertz CT molecular complexity index is 1060. The van der Waals surface area contributed by atoms with Gasteiger partial charge in [-0.1, -0.05) is 54.6 Å². The molecule has 0 radical (unpaired) electrons. The maximum Gasteiger partial charge on any atom is 0.279 e. The van der Waals surface area contributed by atoms with Crippen molar-refractivity contribution in [1.29, 1.82) is 0 Å². The highest BCUT2D eigenvalue weighted by Crippen LogP contribution is 2.20. The number of hydrogen-bond acceptors (Lipinski definition) is 2. The Balaban J connectivity index is 2.02. The molecule has 3 aromatic carbocycles. The first-order chi connectivity index (χ1) is 11.8. The summed E-state index contributed by atoms with van der Waals surface area (Å²) in [6.07, 6.45) is 0. The lowest BCUT2D eigenvalue weighted by atomic mass is 10.2. The highest BCUT2D eigenvalue weighted by molar-refractivity contribution is 5.79. The van der Waals surface area contributed by atoms with Gasteiger partial charge in [0.1, 0.15) is 0 Å². The van der Waals surface area contributed by atoms with Crippen LogP contribution in [0.4, 0.5) is 5.69 Å². The van der Waals surface area contributed by atoms with E-state index in [4.69, 9.17) is 5.73 Å². The minimum Gasteiger partial charge on any atom is -0.397 e. The summed E-state index contributed by atoms with van der Waals surface area (Å²) in [5.41, 5.74) is 9.38. The monoisotopic (exact) mass is 315 g/mol. The average molecular weight is 315 g/mol. The van der Waals surface area contributed by atoms with E-state index in [2.05, 4.69) is 12.1 Å². The molecule has 0 saturated carbocycles. The first-order valence-electron chi connectivity index (χ1n) is 7.85. The Morgan fingerprint density at radius 3 is 2.25 bits per heavy atom. The highest BCUT2D eigenvalue weighted by Gasteiger charge is 2.15.